The third-order valence-electron chi connectivity index (χ3n) is 5.34. The van der Waals surface area contributed by atoms with Crippen LogP contribution in [0.15, 0.2) is 24.5 Å². The molecule has 0 bridgehead atoms. The van der Waals surface area contributed by atoms with E-state index in [9.17, 15) is 0 Å². The molecule has 1 aliphatic carbocycles. The topological polar surface area (TPSA) is 81.3 Å². The van der Waals surface area contributed by atoms with E-state index in [1.807, 2.05) is 29.0 Å². The van der Waals surface area contributed by atoms with Crippen LogP contribution in [0.4, 0.5) is 5.95 Å². The number of anilines is 1. The van der Waals surface area contributed by atoms with Gasteiger partial charge in [0, 0.05) is 43.4 Å². The Morgan fingerprint density at radius 2 is 1.96 bits per heavy atom. The van der Waals surface area contributed by atoms with E-state index in [1.54, 1.807) is 0 Å². The van der Waals surface area contributed by atoms with E-state index in [4.69, 9.17) is 4.74 Å². The highest BCUT2D eigenvalue weighted by molar-refractivity contribution is 5.38. The van der Waals surface area contributed by atoms with Crippen molar-refractivity contribution in [1.82, 2.24) is 29.8 Å². The monoisotopic (exact) mass is 365 g/mol. The van der Waals surface area contributed by atoms with Gasteiger partial charge in [-0.2, -0.15) is 4.52 Å². The van der Waals surface area contributed by atoms with Gasteiger partial charge in [-0.3, -0.25) is 0 Å². The standard InChI is InChI=1S/C19H23N7O/c1-2-13-9-20-19(21-10-13)25-8-7-14(11-25)12-27-17-6-5-16-22-23-18(15-3-4-15)26(16)24-17/h5-6,9-10,14-15H,2-4,7-8,11-12H2,1H3. The Morgan fingerprint density at radius 1 is 1.11 bits per heavy atom. The second kappa shape index (κ2) is 6.75. The number of rotatable bonds is 6. The van der Waals surface area contributed by atoms with E-state index in [1.165, 1.54) is 18.4 Å². The van der Waals surface area contributed by atoms with Gasteiger partial charge in [0.1, 0.15) is 0 Å². The Hall–Kier alpha value is -2.77. The van der Waals surface area contributed by atoms with Crippen LogP contribution in [-0.2, 0) is 6.42 Å². The maximum Gasteiger partial charge on any atom is 0.231 e. The third-order valence-corrected chi connectivity index (χ3v) is 5.34. The zero-order valence-corrected chi connectivity index (χ0v) is 15.5. The minimum Gasteiger partial charge on any atom is -0.476 e. The Labute approximate surface area is 157 Å². The van der Waals surface area contributed by atoms with Gasteiger partial charge in [-0.15, -0.1) is 15.3 Å². The largest absolute Gasteiger partial charge is 0.476 e. The van der Waals surface area contributed by atoms with Crippen LogP contribution in [0.1, 0.15) is 43.5 Å². The van der Waals surface area contributed by atoms with E-state index < -0.39 is 0 Å². The zero-order valence-electron chi connectivity index (χ0n) is 15.5. The van der Waals surface area contributed by atoms with Crippen LogP contribution < -0.4 is 9.64 Å². The smallest absolute Gasteiger partial charge is 0.231 e. The molecule has 140 valence electrons. The molecule has 0 N–H and O–H groups in total. The maximum atomic E-state index is 5.99. The van der Waals surface area contributed by atoms with Crippen molar-refractivity contribution in [3.63, 3.8) is 0 Å². The summed E-state index contributed by atoms with van der Waals surface area (Å²) in [7, 11) is 0. The molecule has 0 amide bonds. The van der Waals surface area contributed by atoms with Gasteiger partial charge in [0.25, 0.3) is 0 Å². The van der Waals surface area contributed by atoms with Crippen LogP contribution in [0.2, 0.25) is 0 Å². The molecule has 3 aromatic heterocycles. The van der Waals surface area contributed by atoms with Crippen LogP contribution in [0.5, 0.6) is 5.88 Å². The Bertz CT molecular complexity index is 935. The number of aromatic nitrogens is 6. The molecular formula is C19H23N7O. The average Bonchev–Trinajstić information content (AvgIpc) is 3.29. The second-order valence-electron chi connectivity index (χ2n) is 7.43. The molecule has 8 heteroatoms. The summed E-state index contributed by atoms with van der Waals surface area (Å²) in [6.45, 7) is 4.63. The quantitative estimate of drug-likeness (QED) is 0.663. The first-order chi connectivity index (χ1) is 13.3. The van der Waals surface area contributed by atoms with E-state index >= 15 is 0 Å². The minimum atomic E-state index is 0.445. The van der Waals surface area contributed by atoms with Gasteiger partial charge in [0.2, 0.25) is 11.8 Å². The zero-order chi connectivity index (χ0) is 18.2. The van der Waals surface area contributed by atoms with Crippen molar-refractivity contribution in [3.05, 3.63) is 35.9 Å². The summed E-state index contributed by atoms with van der Waals surface area (Å²) in [6, 6.07) is 3.80. The molecule has 0 radical (unpaired) electrons. The number of ether oxygens (including phenoxy) is 1. The van der Waals surface area contributed by atoms with Gasteiger partial charge in [-0.05, 0) is 37.3 Å². The summed E-state index contributed by atoms with van der Waals surface area (Å²) in [6.07, 6.45) is 8.22. The van der Waals surface area contributed by atoms with E-state index in [0.29, 0.717) is 24.3 Å². The second-order valence-corrected chi connectivity index (χ2v) is 7.43. The summed E-state index contributed by atoms with van der Waals surface area (Å²) in [4.78, 5) is 11.2. The van der Waals surface area contributed by atoms with Crippen LogP contribution in [0.25, 0.3) is 5.65 Å². The molecule has 1 unspecified atom stereocenters. The summed E-state index contributed by atoms with van der Waals surface area (Å²) in [5, 5.41) is 13.0. The molecule has 8 nitrogen and oxygen atoms in total. The number of hydrogen-bond acceptors (Lipinski definition) is 7. The van der Waals surface area contributed by atoms with Crippen LogP contribution in [0, 0.1) is 5.92 Å². The van der Waals surface area contributed by atoms with Crippen molar-refractivity contribution in [2.75, 3.05) is 24.6 Å². The Kier molecular flexibility index (Phi) is 4.10. The van der Waals surface area contributed by atoms with Crippen molar-refractivity contribution < 1.29 is 4.74 Å². The lowest BCUT2D eigenvalue weighted by molar-refractivity contribution is 0.248. The fourth-order valence-corrected chi connectivity index (χ4v) is 3.51. The molecular weight excluding hydrogens is 342 g/mol. The molecule has 1 saturated carbocycles. The molecule has 27 heavy (non-hydrogen) atoms. The van der Waals surface area contributed by atoms with E-state index in [2.05, 4.69) is 37.1 Å². The third kappa shape index (κ3) is 3.31. The van der Waals surface area contributed by atoms with Crippen molar-refractivity contribution in [1.29, 1.82) is 0 Å². The molecule has 0 aromatic carbocycles. The fourth-order valence-electron chi connectivity index (χ4n) is 3.51. The predicted octanol–water partition coefficient (Wildman–Crippen LogP) is 2.26. The summed E-state index contributed by atoms with van der Waals surface area (Å²) in [5.41, 5.74) is 1.95. The molecule has 1 saturated heterocycles. The fraction of sp³-hybridized carbons (Fsp3) is 0.526. The van der Waals surface area contributed by atoms with Crippen LogP contribution in [0.3, 0.4) is 0 Å². The first-order valence-corrected chi connectivity index (χ1v) is 9.71. The van der Waals surface area contributed by atoms with Gasteiger partial charge in [-0.1, -0.05) is 6.92 Å². The molecule has 0 spiro atoms. The van der Waals surface area contributed by atoms with Gasteiger partial charge in [0.05, 0.1) is 6.61 Å². The van der Waals surface area contributed by atoms with Crippen LogP contribution >= 0.6 is 0 Å². The maximum absolute atomic E-state index is 5.99. The van der Waals surface area contributed by atoms with Gasteiger partial charge < -0.3 is 9.64 Å². The molecule has 2 aliphatic rings. The molecule has 1 aliphatic heterocycles. The minimum absolute atomic E-state index is 0.445. The van der Waals surface area contributed by atoms with Crippen molar-refractivity contribution in [2.24, 2.45) is 5.92 Å². The average molecular weight is 365 g/mol. The number of fused-ring (bicyclic) bond motifs is 1. The normalized spacial score (nSPS) is 19.7. The molecule has 2 fully saturated rings. The molecule has 1 atom stereocenters. The summed E-state index contributed by atoms with van der Waals surface area (Å²) < 4.78 is 7.82. The van der Waals surface area contributed by atoms with Crippen molar-refractivity contribution in [2.45, 2.75) is 38.5 Å². The SMILES string of the molecule is CCc1cnc(N2CCC(COc3ccc4nnc(C5CC5)n4n3)C2)nc1. The van der Waals surface area contributed by atoms with Crippen LogP contribution in [-0.4, -0.2) is 49.5 Å². The molecule has 5 rings (SSSR count). The number of hydrogen-bond donors (Lipinski definition) is 0. The van der Waals surface area contributed by atoms with Gasteiger partial charge in [0.15, 0.2) is 11.5 Å². The highest BCUT2D eigenvalue weighted by Gasteiger charge is 2.29. The highest BCUT2D eigenvalue weighted by Crippen LogP contribution is 2.38. The first kappa shape index (κ1) is 16.4. The lowest BCUT2D eigenvalue weighted by atomic mass is 10.1. The summed E-state index contributed by atoms with van der Waals surface area (Å²) in [5.74, 6) is 3.35. The Morgan fingerprint density at radius 3 is 2.74 bits per heavy atom. The number of aryl methyl sites for hydroxylation is 1. The van der Waals surface area contributed by atoms with Crippen molar-refractivity contribution in [3.8, 4) is 5.88 Å². The first-order valence-electron chi connectivity index (χ1n) is 9.71. The number of nitrogens with zero attached hydrogens (tertiary/aromatic N) is 7. The molecule has 4 heterocycles. The molecule has 3 aromatic rings. The van der Waals surface area contributed by atoms with Gasteiger partial charge in [-0.25, -0.2) is 9.97 Å². The highest BCUT2D eigenvalue weighted by atomic mass is 16.5. The summed E-state index contributed by atoms with van der Waals surface area (Å²) >= 11 is 0. The lowest BCUT2D eigenvalue weighted by Crippen LogP contribution is -2.24. The lowest BCUT2D eigenvalue weighted by Gasteiger charge is -2.16. The van der Waals surface area contributed by atoms with Crippen molar-refractivity contribution >= 4 is 11.6 Å². The van der Waals surface area contributed by atoms with E-state index in [-0.39, 0.29) is 0 Å². The van der Waals surface area contributed by atoms with Gasteiger partial charge >= 0.3 is 0 Å². The van der Waals surface area contributed by atoms with E-state index in [0.717, 1.165) is 43.4 Å². The predicted molar refractivity (Wildman–Crippen MR) is 100.0 cm³/mol. The Balaban J connectivity index is 1.21.